The van der Waals surface area contributed by atoms with Gasteiger partial charge in [0.2, 0.25) is 17.7 Å². The van der Waals surface area contributed by atoms with Crippen LogP contribution in [0, 0.1) is 11.8 Å². The molecule has 0 aliphatic heterocycles. The van der Waals surface area contributed by atoms with Crippen molar-refractivity contribution in [3.05, 3.63) is 0 Å². The number of amides is 3. The van der Waals surface area contributed by atoms with Gasteiger partial charge in [0.25, 0.3) is 0 Å². The van der Waals surface area contributed by atoms with Gasteiger partial charge in [0, 0.05) is 0 Å². The van der Waals surface area contributed by atoms with Crippen LogP contribution in [0.5, 0.6) is 0 Å². The smallest absolute Gasteiger partial charge is 0.326 e. The van der Waals surface area contributed by atoms with Gasteiger partial charge in [-0.15, -0.1) is 0 Å². The number of rotatable bonds is 14. The molecule has 0 heterocycles. The molecule has 0 fully saturated rings. The molecule has 0 aromatic carbocycles. The van der Waals surface area contributed by atoms with Gasteiger partial charge in [0.05, 0.1) is 12.6 Å². The Kier molecular flexibility index (Phi) is 12.8. The fourth-order valence-electron chi connectivity index (χ4n) is 2.56. The van der Waals surface area contributed by atoms with Crippen LogP contribution in [-0.4, -0.2) is 60.0 Å². The van der Waals surface area contributed by atoms with Gasteiger partial charge in [0.1, 0.15) is 12.1 Å². The summed E-state index contributed by atoms with van der Waals surface area (Å²) in [6.45, 7) is 7.47. The Morgan fingerprint density at radius 1 is 0.931 bits per heavy atom. The van der Waals surface area contributed by atoms with Crippen molar-refractivity contribution in [1.82, 2.24) is 16.0 Å². The molecule has 10 heteroatoms. The number of carbonyl (C=O) groups is 4. The second-order valence-electron chi connectivity index (χ2n) is 7.92. The SMILES string of the molecule is CC(C)CC(NC(=O)C(N)C(C)C)C(=O)NCC(=O)NC(CCCCN)C(=O)O. The molecule has 0 bridgehead atoms. The van der Waals surface area contributed by atoms with E-state index in [-0.39, 0.29) is 24.8 Å². The fourth-order valence-corrected chi connectivity index (χ4v) is 2.56. The number of nitrogens with two attached hydrogens (primary N) is 2. The van der Waals surface area contributed by atoms with E-state index in [4.69, 9.17) is 11.5 Å². The highest BCUT2D eigenvalue weighted by atomic mass is 16.4. The minimum Gasteiger partial charge on any atom is -0.480 e. The number of carboxylic acids is 1. The topological polar surface area (TPSA) is 177 Å². The lowest BCUT2D eigenvalue weighted by molar-refractivity contribution is -0.142. The van der Waals surface area contributed by atoms with Crippen LogP contribution < -0.4 is 27.4 Å². The van der Waals surface area contributed by atoms with E-state index in [1.54, 1.807) is 13.8 Å². The molecule has 0 aliphatic rings. The highest BCUT2D eigenvalue weighted by molar-refractivity contribution is 5.92. The maximum atomic E-state index is 12.5. The Morgan fingerprint density at radius 2 is 1.55 bits per heavy atom. The molecule has 0 saturated carbocycles. The molecule has 168 valence electrons. The van der Waals surface area contributed by atoms with E-state index in [1.165, 1.54) is 0 Å². The van der Waals surface area contributed by atoms with Crippen molar-refractivity contribution < 1.29 is 24.3 Å². The van der Waals surface area contributed by atoms with Crippen molar-refractivity contribution >= 4 is 23.7 Å². The predicted molar refractivity (Wildman–Crippen MR) is 110 cm³/mol. The first-order valence-electron chi connectivity index (χ1n) is 10.0. The van der Waals surface area contributed by atoms with Crippen molar-refractivity contribution in [2.45, 2.75) is 71.5 Å². The number of hydrogen-bond acceptors (Lipinski definition) is 6. The monoisotopic (exact) mass is 415 g/mol. The minimum atomic E-state index is -1.14. The third-order valence-corrected chi connectivity index (χ3v) is 4.36. The van der Waals surface area contributed by atoms with Crippen molar-refractivity contribution in [1.29, 1.82) is 0 Å². The molecule has 3 unspecified atom stereocenters. The molecule has 29 heavy (non-hydrogen) atoms. The Labute approximate surface area is 172 Å². The van der Waals surface area contributed by atoms with E-state index in [1.807, 2.05) is 13.8 Å². The van der Waals surface area contributed by atoms with E-state index in [2.05, 4.69) is 16.0 Å². The normalized spacial score (nSPS) is 14.2. The van der Waals surface area contributed by atoms with Gasteiger partial charge in [-0.1, -0.05) is 27.7 Å². The van der Waals surface area contributed by atoms with Crippen LogP contribution in [0.2, 0.25) is 0 Å². The quantitative estimate of drug-likeness (QED) is 0.203. The van der Waals surface area contributed by atoms with Crippen LogP contribution in [0.25, 0.3) is 0 Å². The number of carbonyl (C=O) groups excluding carboxylic acids is 3. The van der Waals surface area contributed by atoms with Crippen LogP contribution in [-0.2, 0) is 19.2 Å². The van der Waals surface area contributed by atoms with Gasteiger partial charge < -0.3 is 32.5 Å². The molecule has 8 N–H and O–H groups in total. The predicted octanol–water partition coefficient (Wildman–Crippen LogP) is -0.685. The molecule has 0 spiro atoms. The van der Waals surface area contributed by atoms with Crippen LogP contribution in [0.1, 0.15) is 53.4 Å². The number of carboxylic acid groups (broad SMARTS) is 1. The number of unbranched alkanes of at least 4 members (excludes halogenated alkanes) is 1. The molecular weight excluding hydrogens is 378 g/mol. The van der Waals surface area contributed by atoms with Gasteiger partial charge in [-0.2, -0.15) is 0 Å². The summed E-state index contributed by atoms with van der Waals surface area (Å²) >= 11 is 0. The Balaban J connectivity index is 4.77. The summed E-state index contributed by atoms with van der Waals surface area (Å²) in [4.78, 5) is 47.9. The van der Waals surface area contributed by atoms with Gasteiger partial charge >= 0.3 is 5.97 Å². The standard InChI is InChI=1S/C19H37N5O5/c1-11(2)9-14(24-18(27)16(21)12(3)4)17(26)22-10-15(25)23-13(19(28)29)7-5-6-8-20/h11-14,16H,5-10,20-21H2,1-4H3,(H,22,26)(H,23,25)(H,24,27)(H,28,29). The molecule has 0 aromatic rings. The van der Waals surface area contributed by atoms with Crippen LogP contribution in [0.15, 0.2) is 0 Å². The molecule has 0 radical (unpaired) electrons. The first-order valence-corrected chi connectivity index (χ1v) is 10.0. The summed E-state index contributed by atoms with van der Waals surface area (Å²) < 4.78 is 0. The summed E-state index contributed by atoms with van der Waals surface area (Å²) in [5.74, 6) is -2.68. The van der Waals surface area contributed by atoms with Crippen LogP contribution in [0.3, 0.4) is 0 Å². The van der Waals surface area contributed by atoms with Crippen molar-refractivity contribution in [3.8, 4) is 0 Å². The van der Waals surface area contributed by atoms with E-state index in [0.29, 0.717) is 25.8 Å². The first-order chi connectivity index (χ1) is 13.5. The zero-order valence-corrected chi connectivity index (χ0v) is 17.9. The fraction of sp³-hybridized carbons (Fsp3) is 0.789. The summed E-state index contributed by atoms with van der Waals surface area (Å²) in [5, 5.41) is 16.7. The van der Waals surface area contributed by atoms with Crippen LogP contribution in [0.4, 0.5) is 0 Å². The van der Waals surface area contributed by atoms with Gasteiger partial charge in [-0.05, 0) is 44.1 Å². The lowest BCUT2D eigenvalue weighted by Crippen LogP contribution is -2.54. The van der Waals surface area contributed by atoms with Gasteiger partial charge in [-0.3, -0.25) is 14.4 Å². The number of aliphatic carboxylic acids is 1. The van der Waals surface area contributed by atoms with E-state index < -0.39 is 41.8 Å². The molecule has 0 aliphatic carbocycles. The number of hydrogen-bond donors (Lipinski definition) is 6. The zero-order valence-electron chi connectivity index (χ0n) is 17.9. The third-order valence-electron chi connectivity index (χ3n) is 4.36. The lowest BCUT2D eigenvalue weighted by atomic mass is 10.0. The summed E-state index contributed by atoms with van der Waals surface area (Å²) in [5.41, 5.74) is 11.2. The van der Waals surface area contributed by atoms with Crippen LogP contribution >= 0.6 is 0 Å². The molecule has 10 nitrogen and oxygen atoms in total. The maximum Gasteiger partial charge on any atom is 0.326 e. The molecule has 0 aromatic heterocycles. The summed E-state index contributed by atoms with van der Waals surface area (Å²) in [6.07, 6.45) is 1.86. The summed E-state index contributed by atoms with van der Waals surface area (Å²) in [6, 6.07) is -2.62. The number of nitrogens with one attached hydrogen (secondary N) is 3. The van der Waals surface area contributed by atoms with E-state index in [0.717, 1.165) is 0 Å². The Morgan fingerprint density at radius 3 is 2.03 bits per heavy atom. The minimum absolute atomic E-state index is 0.0873. The Bertz CT molecular complexity index is 553. The lowest BCUT2D eigenvalue weighted by Gasteiger charge is -2.23. The van der Waals surface area contributed by atoms with Gasteiger partial charge in [0.15, 0.2) is 0 Å². The Hall–Kier alpha value is -2.20. The second-order valence-corrected chi connectivity index (χ2v) is 7.92. The highest BCUT2D eigenvalue weighted by Gasteiger charge is 2.26. The molecule has 3 atom stereocenters. The zero-order chi connectivity index (χ0) is 22.6. The van der Waals surface area contributed by atoms with Crippen molar-refractivity contribution in [3.63, 3.8) is 0 Å². The molecular formula is C19H37N5O5. The van der Waals surface area contributed by atoms with Gasteiger partial charge in [-0.25, -0.2) is 4.79 Å². The van der Waals surface area contributed by atoms with Crippen molar-refractivity contribution in [2.75, 3.05) is 13.1 Å². The maximum absolute atomic E-state index is 12.5. The van der Waals surface area contributed by atoms with E-state index >= 15 is 0 Å². The third kappa shape index (κ3) is 11.4. The molecule has 3 amide bonds. The van der Waals surface area contributed by atoms with Crippen molar-refractivity contribution in [2.24, 2.45) is 23.3 Å². The molecule has 0 saturated heterocycles. The van der Waals surface area contributed by atoms with E-state index in [9.17, 15) is 24.3 Å². The summed E-state index contributed by atoms with van der Waals surface area (Å²) in [7, 11) is 0. The average molecular weight is 416 g/mol. The highest BCUT2D eigenvalue weighted by Crippen LogP contribution is 2.07. The second kappa shape index (κ2) is 13.9. The average Bonchev–Trinajstić information content (AvgIpc) is 2.63. The largest absolute Gasteiger partial charge is 0.480 e. The molecule has 0 rings (SSSR count). The first kappa shape index (κ1) is 26.8.